The van der Waals surface area contributed by atoms with Gasteiger partial charge in [-0.1, -0.05) is 20.8 Å². The Morgan fingerprint density at radius 1 is 1.19 bits per heavy atom. The minimum Gasteiger partial charge on any atom is -0.443 e. The van der Waals surface area contributed by atoms with Gasteiger partial charge in [0.1, 0.15) is 5.60 Å². The maximum atomic E-state index is 12.8. The molecule has 1 rings (SSSR count). The topological polar surface area (TPSA) is 55.8 Å². The van der Waals surface area contributed by atoms with Crippen molar-refractivity contribution in [3.63, 3.8) is 0 Å². The van der Waals surface area contributed by atoms with Crippen LogP contribution >= 0.6 is 0 Å². The van der Waals surface area contributed by atoms with E-state index in [1.807, 2.05) is 34.6 Å². The van der Waals surface area contributed by atoms with Crippen LogP contribution in [0.2, 0.25) is 18.1 Å². The first-order valence-electron chi connectivity index (χ1n) is 9.69. The summed E-state index contributed by atoms with van der Waals surface area (Å²) in [6, 6.07) is 0. The summed E-state index contributed by atoms with van der Waals surface area (Å²) in [6.07, 6.45) is 1.72. The number of amides is 2. The van der Waals surface area contributed by atoms with Crippen molar-refractivity contribution in [2.24, 2.45) is 5.92 Å². The van der Waals surface area contributed by atoms with Gasteiger partial charge >= 0.3 is 6.09 Å². The highest BCUT2D eigenvalue weighted by molar-refractivity contribution is 6.74. The van der Waals surface area contributed by atoms with E-state index in [1.165, 1.54) is 4.90 Å². The molecule has 1 aliphatic heterocycles. The molecule has 0 aromatic carbocycles. The van der Waals surface area contributed by atoms with Gasteiger partial charge in [-0.15, -0.1) is 0 Å². The minimum atomic E-state index is -1.75. The van der Waals surface area contributed by atoms with Gasteiger partial charge in [0, 0.05) is 18.1 Å². The molecule has 1 atom stereocenters. The lowest BCUT2D eigenvalue weighted by molar-refractivity contribution is -0.132. The van der Waals surface area contributed by atoms with Crippen molar-refractivity contribution in [3.8, 4) is 0 Å². The van der Waals surface area contributed by atoms with Gasteiger partial charge in [0.15, 0.2) is 8.32 Å². The predicted octanol–water partition coefficient (Wildman–Crippen LogP) is 5.35. The highest BCUT2D eigenvalue weighted by atomic mass is 28.4. The molecule has 5 nitrogen and oxygen atoms in total. The molecule has 2 amide bonds. The Labute approximate surface area is 160 Å². The third-order valence-electron chi connectivity index (χ3n) is 5.46. The molecule has 0 saturated carbocycles. The normalized spacial score (nSPS) is 21.2. The van der Waals surface area contributed by atoms with Gasteiger partial charge in [-0.3, -0.25) is 4.79 Å². The Bertz CT molecular complexity index is 529. The van der Waals surface area contributed by atoms with E-state index in [1.54, 1.807) is 0 Å². The van der Waals surface area contributed by atoms with Gasteiger partial charge in [0.25, 0.3) is 0 Å². The lowest BCUT2D eigenvalue weighted by Gasteiger charge is -2.36. The predicted molar refractivity (Wildman–Crippen MR) is 108 cm³/mol. The summed E-state index contributed by atoms with van der Waals surface area (Å²) in [6.45, 7) is 21.1. The lowest BCUT2D eigenvalue weighted by atomic mass is 9.93. The Kier molecular flexibility index (Phi) is 6.79. The molecule has 0 aromatic rings. The molecule has 0 spiro atoms. The van der Waals surface area contributed by atoms with E-state index in [0.717, 1.165) is 12.8 Å². The summed E-state index contributed by atoms with van der Waals surface area (Å²) < 4.78 is 11.6. The molecule has 1 unspecified atom stereocenters. The van der Waals surface area contributed by atoms with Gasteiger partial charge in [0.2, 0.25) is 5.91 Å². The average Bonchev–Trinajstić information content (AvgIpc) is 2.60. The number of carbonyl (C=O) groups excluding carboxylic acids is 2. The number of hydrogen-bond acceptors (Lipinski definition) is 4. The minimum absolute atomic E-state index is 0.114. The Balaban J connectivity index is 2.63. The van der Waals surface area contributed by atoms with Crippen molar-refractivity contribution in [2.75, 3.05) is 6.61 Å². The van der Waals surface area contributed by atoms with Crippen LogP contribution in [-0.4, -0.2) is 43.0 Å². The number of imide groups is 1. The van der Waals surface area contributed by atoms with Crippen molar-refractivity contribution < 1.29 is 18.8 Å². The van der Waals surface area contributed by atoms with Crippen LogP contribution in [0.4, 0.5) is 4.79 Å². The van der Waals surface area contributed by atoms with Crippen LogP contribution < -0.4 is 0 Å². The third-order valence-corrected chi connectivity index (χ3v) is 10.0. The summed E-state index contributed by atoms with van der Waals surface area (Å²) >= 11 is 0. The van der Waals surface area contributed by atoms with Crippen molar-refractivity contribution in [3.05, 3.63) is 0 Å². The first kappa shape index (κ1) is 23.2. The fourth-order valence-electron chi connectivity index (χ4n) is 3.01. The quantitative estimate of drug-likeness (QED) is 0.473. The van der Waals surface area contributed by atoms with E-state index in [4.69, 9.17) is 9.16 Å². The molecule has 1 heterocycles. The highest BCUT2D eigenvalue weighted by Crippen LogP contribution is 2.38. The van der Waals surface area contributed by atoms with Gasteiger partial charge in [0.05, 0.1) is 0 Å². The monoisotopic (exact) mass is 385 g/mol. The van der Waals surface area contributed by atoms with Crippen molar-refractivity contribution in [1.29, 1.82) is 0 Å². The number of carbonyl (C=O) groups is 2. The van der Waals surface area contributed by atoms with Gasteiger partial charge < -0.3 is 9.16 Å². The van der Waals surface area contributed by atoms with Crippen LogP contribution in [0.15, 0.2) is 0 Å². The first-order chi connectivity index (χ1) is 11.5. The zero-order valence-corrected chi connectivity index (χ0v) is 19.5. The Morgan fingerprint density at radius 3 is 2.19 bits per heavy atom. The molecule has 6 heteroatoms. The maximum Gasteiger partial charge on any atom is 0.417 e. The number of hydrogen-bond donors (Lipinski definition) is 0. The molecule has 1 saturated heterocycles. The summed E-state index contributed by atoms with van der Waals surface area (Å²) in [5.41, 5.74) is -1.12. The maximum absolute atomic E-state index is 12.8. The molecule has 26 heavy (non-hydrogen) atoms. The smallest absolute Gasteiger partial charge is 0.417 e. The summed E-state index contributed by atoms with van der Waals surface area (Å²) in [4.78, 5) is 26.6. The van der Waals surface area contributed by atoms with Crippen molar-refractivity contribution >= 4 is 20.3 Å². The zero-order chi connectivity index (χ0) is 20.6. The first-order valence-corrected chi connectivity index (χ1v) is 12.6. The second-order valence-corrected chi connectivity index (χ2v) is 15.4. The number of nitrogens with zero attached hydrogens (tertiary/aromatic N) is 1. The van der Waals surface area contributed by atoms with Gasteiger partial charge in [-0.2, -0.15) is 0 Å². The number of rotatable bonds is 5. The van der Waals surface area contributed by atoms with Crippen LogP contribution in [0.25, 0.3) is 0 Å². The fraction of sp³-hybridized carbons (Fsp3) is 0.900. The van der Waals surface area contributed by atoms with E-state index in [2.05, 4.69) is 33.9 Å². The SMILES string of the molecule is CC(C)(C)OC(=O)N1C(=O)C(CCCO[Si](C)(C)C(C)(C)C)CC1(C)C. The average molecular weight is 386 g/mol. The van der Waals surface area contributed by atoms with Crippen LogP contribution in [0, 0.1) is 5.92 Å². The van der Waals surface area contributed by atoms with Gasteiger partial charge in [-0.25, -0.2) is 9.69 Å². The molecule has 152 valence electrons. The summed E-state index contributed by atoms with van der Waals surface area (Å²) in [7, 11) is -1.75. The standard InChI is InChI=1S/C20H39NO4Si/c1-18(2,3)25-17(23)21-16(22)15(14-20(21,7)8)12-11-13-24-26(9,10)19(4,5)6/h15H,11-14H2,1-10H3. The van der Waals surface area contributed by atoms with Gasteiger partial charge in [-0.05, 0) is 72.0 Å². The Hall–Kier alpha value is -0.883. The third kappa shape index (κ3) is 5.81. The lowest BCUT2D eigenvalue weighted by Crippen LogP contribution is -2.47. The molecule has 0 bridgehead atoms. The van der Waals surface area contributed by atoms with Crippen LogP contribution in [0.1, 0.15) is 74.7 Å². The van der Waals surface area contributed by atoms with Crippen LogP contribution in [0.3, 0.4) is 0 Å². The van der Waals surface area contributed by atoms with Crippen molar-refractivity contribution in [1.82, 2.24) is 4.90 Å². The Morgan fingerprint density at radius 2 is 1.73 bits per heavy atom. The molecule has 1 aliphatic rings. The molecule has 0 N–H and O–H groups in total. The molecular formula is C20H39NO4Si. The second kappa shape index (κ2) is 7.62. The molecule has 0 aliphatic carbocycles. The summed E-state index contributed by atoms with van der Waals surface area (Å²) in [5, 5.41) is 0.186. The second-order valence-electron chi connectivity index (χ2n) is 10.6. The molecule has 0 radical (unpaired) electrons. The zero-order valence-electron chi connectivity index (χ0n) is 18.5. The largest absolute Gasteiger partial charge is 0.443 e. The van der Waals surface area contributed by atoms with E-state index in [9.17, 15) is 9.59 Å². The van der Waals surface area contributed by atoms with E-state index >= 15 is 0 Å². The molecular weight excluding hydrogens is 346 g/mol. The van der Waals surface area contributed by atoms with Crippen molar-refractivity contribution in [2.45, 2.75) is 104 Å². The van der Waals surface area contributed by atoms with Crippen LogP contribution in [-0.2, 0) is 14.0 Å². The van der Waals surface area contributed by atoms with E-state index in [0.29, 0.717) is 13.0 Å². The van der Waals surface area contributed by atoms with E-state index in [-0.39, 0.29) is 16.9 Å². The van der Waals surface area contributed by atoms with E-state index < -0.39 is 25.6 Å². The molecule has 1 fully saturated rings. The molecule has 0 aromatic heterocycles. The van der Waals surface area contributed by atoms with Crippen LogP contribution in [0.5, 0.6) is 0 Å². The fourth-order valence-corrected chi connectivity index (χ4v) is 4.09. The number of likely N-dealkylation sites (tertiary alicyclic amines) is 1. The number of ether oxygens (including phenoxy) is 1. The summed E-state index contributed by atoms with van der Waals surface area (Å²) in [5.74, 6) is -0.253. The highest BCUT2D eigenvalue weighted by Gasteiger charge is 2.49.